The monoisotopic (exact) mass is 339 g/mol. The van der Waals surface area contributed by atoms with Crippen molar-refractivity contribution in [2.24, 2.45) is 7.05 Å². The number of rotatable bonds is 1. The van der Waals surface area contributed by atoms with E-state index in [2.05, 4.69) is 17.4 Å². The van der Waals surface area contributed by atoms with Crippen molar-refractivity contribution < 1.29 is 9.53 Å². The van der Waals surface area contributed by atoms with Gasteiger partial charge in [-0.3, -0.25) is 4.79 Å². The van der Waals surface area contributed by atoms with E-state index in [1.54, 1.807) is 24.2 Å². The number of ether oxygens (including phenoxy) is 1. The maximum absolute atomic E-state index is 12.7. The number of hydrogen-bond acceptors (Lipinski definition) is 3. The van der Waals surface area contributed by atoms with E-state index in [0.29, 0.717) is 25.4 Å². The van der Waals surface area contributed by atoms with Crippen molar-refractivity contribution in [1.29, 1.82) is 0 Å². The molecule has 0 bridgehead atoms. The van der Waals surface area contributed by atoms with Crippen LogP contribution in [-0.4, -0.2) is 35.2 Å². The fourth-order valence-corrected chi connectivity index (χ4v) is 3.80. The Labute approximate surface area is 146 Å². The molecule has 0 radical (unpaired) electrons. The quantitative estimate of drug-likeness (QED) is 0.865. The van der Waals surface area contributed by atoms with E-state index in [1.165, 1.54) is 21.8 Å². The van der Waals surface area contributed by atoms with Crippen LogP contribution in [-0.2, 0) is 23.8 Å². The number of urea groups is 1. The van der Waals surface area contributed by atoms with Crippen molar-refractivity contribution >= 4 is 11.7 Å². The van der Waals surface area contributed by atoms with E-state index in [4.69, 9.17) is 4.74 Å². The zero-order valence-electron chi connectivity index (χ0n) is 14.2. The lowest BCUT2D eigenvalue weighted by Gasteiger charge is -2.41. The van der Waals surface area contributed by atoms with Crippen molar-refractivity contribution in [2.75, 3.05) is 25.0 Å². The van der Waals surface area contributed by atoms with Crippen molar-refractivity contribution in [3.8, 4) is 0 Å². The molecule has 2 aromatic rings. The molecule has 2 amide bonds. The van der Waals surface area contributed by atoms with Gasteiger partial charge < -0.3 is 19.5 Å². The van der Waals surface area contributed by atoms with E-state index < -0.39 is 5.60 Å². The summed E-state index contributed by atoms with van der Waals surface area (Å²) in [5.41, 5.74) is 2.62. The molecule has 6 heteroatoms. The van der Waals surface area contributed by atoms with Gasteiger partial charge >= 0.3 is 6.03 Å². The van der Waals surface area contributed by atoms with Gasteiger partial charge in [0.05, 0.1) is 18.8 Å². The molecule has 1 atom stereocenters. The van der Waals surface area contributed by atoms with Crippen LogP contribution >= 0.6 is 0 Å². The van der Waals surface area contributed by atoms with Crippen LogP contribution in [0.2, 0.25) is 0 Å². The van der Waals surface area contributed by atoms with Crippen LogP contribution in [0.4, 0.5) is 10.5 Å². The van der Waals surface area contributed by atoms with E-state index in [-0.39, 0.29) is 11.6 Å². The summed E-state index contributed by atoms with van der Waals surface area (Å²) in [6, 6.07) is 11.2. The molecule has 1 N–H and O–H groups in total. The van der Waals surface area contributed by atoms with Crippen molar-refractivity contribution in [3.05, 3.63) is 64.1 Å². The second kappa shape index (κ2) is 6.04. The summed E-state index contributed by atoms with van der Waals surface area (Å²) >= 11 is 0. The van der Waals surface area contributed by atoms with Crippen molar-refractivity contribution in [2.45, 2.75) is 18.4 Å². The Balaban J connectivity index is 1.52. The number of aryl methyl sites for hydroxylation is 2. The summed E-state index contributed by atoms with van der Waals surface area (Å²) in [7, 11) is 1.66. The molecule has 6 nitrogen and oxygen atoms in total. The third kappa shape index (κ3) is 2.82. The fourth-order valence-electron chi connectivity index (χ4n) is 3.80. The summed E-state index contributed by atoms with van der Waals surface area (Å²) in [6.45, 7) is 1.62. The Morgan fingerprint density at radius 3 is 2.92 bits per heavy atom. The van der Waals surface area contributed by atoms with E-state index >= 15 is 0 Å². The minimum absolute atomic E-state index is 0.106. The third-order valence-corrected chi connectivity index (χ3v) is 5.12. The highest BCUT2D eigenvalue weighted by Gasteiger charge is 2.44. The average molecular weight is 339 g/mol. The molecule has 1 aliphatic heterocycles. The molecule has 130 valence electrons. The Hall–Kier alpha value is -2.60. The van der Waals surface area contributed by atoms with Gasteiger partial charge in [-0.2, -0.15) is 0 Å². The smallest absolute Gasteiger partial charge is 0.322 e. The Morgan fingerprint density at radius 2 is 2.08 bits per heavy atom. The number of anilines is 1. The minimum Gasteiger partial charge on any atom is -0.367 e. The van der Waals surface area contributed by atoms with Crippen LogP contribution in [0.15, 0.2) is 47.4 Å². The molecule has 1 aromatic heterocycles. The lowest BCUT2D eigenvalue weighted by molar-refractivity contribution is -0.100. The van der Waals surface area contributed by atoms with Gasteiger partial charge in [0.2, 0.25) is 5.56 Å². The van der Waals surface area contributed by atoms with E-state index in [1.807, 2.05) is 12.1 Å². The van der Waals surface area contributed by atoms with Gasteiger partial charge in [0.15, 0.2) is 0 Å². The summed E-state index contributed by atoms with van der Waals surface area (Å²) in [5.74, 6) is 0. The summed E-state index contributed by atoms with van der Waals surface area (Å²) in [5, 5.41) is 2.88. The van der Waals surface area contributed by atoms with Gasteiger partial charge in [0.1, 0.15) is 5.60 Å². The second-order valence-corrected chi connectivity index (χ2v) is 6.72. The predicted molar refractivity (Wildman–Crippen MR) is 94.7 cm³/mol. The molecule has 1 aliphatic carbocycles. The highest BCUT2D eigenvalue weighted by atomic mass is 16.5. The second-order valence-electron chi connectivity index (χ2n) is 6.72. The number of carbonyl (C=O) groups excluding carboxylic acids is 1. The first-order valence-electron chi connectivity index (χ1n) is 8.52. The molecule has 25 heavy (non-hydrogen) atoms. The zero-order chi connectivity index (χ0) is 17.4. The molecule has 1 aromatic carbocycles. The van der Waals surface area contributed by atoms with E-state index in [9.17, 15) is 9.59 Å². The number of nitrogens with zero attached hydrogens (tertiary/aromatic N) is 2. The van der Waals surface area contributed by atoms with Crippen LogP contribution in [0.25, 0.3) is 0 Å². The number of hydrogen-bond donors (Lipinski definition) is 1. The lowest BCUT2D eigenvalue weighted by atomic mass is 9.94. The molecule has 2 aliphatic rings. The Bertz CT molecular complexity index is 872. The first-order valence-corrected chi connectivity index (χ1v) is 8.52. The number of morpholine rings is 1. The Kier molecular flexibility index (Phi) is 3.84. The topological polar surface area (TPSA) is 63.6 Å². The predicted octanol–water partition coefficient (Wildman–Crippen LogP) is 2.09. The van der Waals surface area contributed by atoms with Crippen LogP contribution in [0.3, 0.4) is 0 Å². The fraction of sp³-hybridized carbons (Fsp3) is 0.368. The number of nitrogens with one attached hydrogen (secondary N) is 1. The SMILES string of the molecule is Cn1cc(NC(=O)N2CCO[C@@]3(CCc4ccccc43)C2)ccc1=O. The largest absolute Gasteiger partial charge is 0.367 e. The first kappa shape index (κ1) is 15.9. The number of pyridine rings is 1. The number of benzene rings is 1. The maximum Gasteiger partial charge on any atom is 0.322 e. The molecule has 1 saturated heterocycles. The van der Waals surface area contributed by atoms with Crippen LogP contribution in [0, 0.1) is 0 Å². The summed E-state index contributed by atoms with van der Waals surface area (Å²) < 4.78 is 7.60. The zero-order valence-corrected chi connectivity index (χ0v) is 14.2. The number of amides is 2. The molecule has 1 fully saturated rings. The van der Waals surface area contributed by atoms with Crippen LogP contribution < -0.4 is 10.9 Å². The van der Waals surface area contributed by atoms with Crippen LogP contribution in [0.5, 0.6) is 0 Å². The molecule has 1 spiro atoms. The van der Waals surface area contributed by atoms with Gasteiger partial charge in [0.25, 0.3) is 0 Å². The molecular weight excluding hydrogens is 318 g/mol. The standard InChI is InChI=1S/C19H21N3O3/c1-21-12-15(6-7-17(21)23)20-18(24)22-10-11-25-19(13-22)9-8-14-4-2-3-5-16(14)19/h2-7,12H,8-11,13H2,1H3,(H,20,24)/t19-/m0/s1. The first-order chi connectivity index (χ1) is 12.1. The molecule has 2 heterocycles. The Morgan fingerprint density at radius 1 is 1.24 bits per heavy atom. The third-order valence-electron chi connectivity index (χ3n) is 5.12. The van der Waals surface area contributed by atoms with Crippen LogP contribution in [0.1, 0.15) is 17.5 Å². The number of fused-ring (bicyclic) bond motifs is 2. The van der Waals surface area contributed by atoms with Crippen molar-refractivity contribution in [1.82, 2.24) is 9.47 Å². The molecule has 4 rings (SSSR count). The summed E-state index contributed by atoms with van der Waals surface area (Å²) in [4.78, 5) is 26.0. The van der Waals surface area contributed by atoms with Gasteiger partial charge in [-0.15, -0.1) is 0 Å². The highest BCUT2D eigenvalue weighted by Crippen LogP contribution is 2.42. The van der Waals surface area contributed by atoms with Gasteiger partial charge in [-0.05, 0) is 30.0 Å². The summed E-state index contributed by atoms with van der Waals surface area (Å²) in [6.07, 6.45) is 3.50. The molecule has 0 saturated carbocycles. The normalized spacial score (nSPS) is 22.0. The van der Waals surface area contributed by atoms with Crippen molar-refractivity contribution in [3.63, 3.8) is 0 Å². The highest BCUT2D eigenvalue weighted by molar-refractivity contribution is 5.89. The maximum atomic E-state index is 12.7. The minimum atomic E-state index is -0.393. The van der Waals surface area contributed by atoms with Gasteiger partial charge in [0, 0.05) is 25.9 Å². The average Bonchev–Trinajstić information content (AvgIpc) is 2.97. The lowest BCUT2D eigenvalue weighted by Crippen LogP contribution is -2.52. The molecule has 0 unspecified atom stereocenters. The van der Waals surface area contributed by atoms with E-state index in [0.717, 1.165) is 12.8 Å². The van der Waals surface area contributed by atoms with Gasteiger partial charge in [-0.1, -0.05) is 24.3 Å². The number of aromatic nitrogens is 1. The molecular formula is C19H21N3O3. The van der Waals surface area contributed by atoms with Gasteiger partial charge in [-0.25, -0.2) is 4.79 Å². The number of carbonyl (C=O) groups is 1.